The minimum absolute atomic E-state index is 0.545. The molecule has 0 fully saturated rings. The molecule has 3 rings (SSSR count). The Morgan fingerprint density at radius 3 is 2.53 bits per heavy atom. The summed E-state index contributed by atoms with van der Waals surface area (Å²) >= 11 is 5.95. The number of hydrogen-bond acceptors (Lipinski definition) is 0. The van der Waals surface area contributed by atoms with Crippen molar-refractivity contribution in [2.75, 3.05) is 0 Å². The summed E-state index contributed by atoms with van der Waals surface area (Å²) < 4.78 is 0. The molecule has 1 N–H and O–H groups in total. The van der Waals surface area contributed by atoms with Gasteiger partial charge in [-0.15, -0.1) is 11.6 Å². The minimum atomic E-state index is 0.545. The van der Waals surface area contributed by atoms with Gasteiger partial charge in [0.1, 0.15) is 0 Å². The van der Waals surface area contributed by atoms with Crippen molar-refractivity contribution < 1.29 is 0 Å². The Balaban J connectivity index is 2.20. The highest BCUT2D eigenvalue weighted by Crippen LogP contribution is 2.26. The largest absolute Gasteiger partial charge is 0.355 e. The molecule has 3 aromatic rings. The van der Waals surface area contributed by atoms with E-state index in [1.807, 2.05) is 24.3 Å². The van der Waals surface area contributed by atoms with Gasteiger partial charge in [-0.3, -0.25) is 0 Å². The van der Waals surface area contributed by atoms with Crippen LogP contribution in [-0.4, -0.2) is 4.98 Å². The Morgan fingerprint density at radius 1 is 0.941 bits per heavy atom. The molecule has 84 valence electrons. The maximum atomic E-state index is 5.95. The van der Waals surface area contributed by atoms with E-state index in [0.29, 0.717) is 5.88 Å². The fourth-order valence-electron chi connectivity index (χ4n) is 2.11. The number of alkyl halides is 1. The molecular formula is C15H12ClN. The quantitative estimate of drug-likeness (QED) is 0.633. The second-order valence-corrected chi connectivity index (χ2v) is 4.33. The summed E-state index contributed by atoms with van der Waals surface area (Å²) in [6.07, 6.45) is 0. The number of benzene rings is 2. The second-order valence-electron chi connectivity index (χ2n) is 4.06. The van der Waals surface area contributed by atoms with Crippen LogP contribution in [-0.2, 0) is 5.88 Å². The van der Waals surface area contributed by atoms with E-state index in [-0.39, 0.29) is 0 Å². The standard InChI is InChI=1S/C15H12ClN/c16-10-12-7-4-8-14-13(12)9-15(17-14)11-5-2-1-3-6-11/h1-9,17H,10H2. The van der Waals surface area contributed by atoms with Crippen molar-refractivity contribution in [2.24, 2.45) is 0 Å². The van der Waals surface area contributed by atoms with Crippen LogP contribution in [0, 0.1) is 0 Å². The average Bonchev–Trinajstić information content (AvgIpc) is 2.83. The predicted octanol–water partition coefficient (Wildman–Crippen LogP) is 4.57. The Hall–Kier alpha value is -1.73. The monoisotopic (exact) mass is 241 g/mol. The van der Waals surface area contributed by atoms with Crippen LogP contribution >= 0.6 is 11.6 Å². The van der Waals surface area contributed by atoms with Gasteiger partial charge < -0.3 is 4.98 Å². The molecule has 0 aliphatic carbocycles. The molecular weight excluding hydrogens is 230 g/mol. The van der Waals surface area contributed by atoms with Gasteiger partial charge in [-0.1, -0.05) is 42.5 Å². The SMILES string of the molecule is ClCc1cccc2[nH]c(-c3ccccc3)cc12. The van der Waals surface area contributed by atoms with Gasteiger partial charge in [0.15, 0.2) is 0 Å². The molecule has 2 heteroatoms. The number of fused-ring (bicyclic) bond motifs is 1. The average molecular weight is 242 g/mol. The lowest BCUT2D eigenvalue weighted by molar-refractivity contribution is 1.43. The molecule has 1 aromatic heterocycles. The van der Waals surface area contributed by atoms with Crippen LogP contribution in [0.2, 0.25) is 0 Å². The fourth-order valence-corrected chi connectivity index (χ4v) is 2.34. The van der Waals surface area contributed by atoms with E-state index in [2.05, 4.69) is 35.3 Å². The zero-order valence-electron chi connectivity index (χ0n) is 9.28. The lowest BCUT2D eigenvalue weighted by Gasteiger charge is -1.95. The zero-order valence-corrected chi connectivity index (χ0v) is 10.0. The van der Waals surface area contributed by atoms with Crippen LogP contribution in [0.5, 0.6) is 0 Å². The third-order valence-corrected chi connectivity index (χ3v) is 3.27. The van der Waals surface area contributed by atoms with E-state index < -0.39 is 0 Å². The van der Waals surface area contributed by atoms with Crippen molar-refractivity contribution in [1.29, 1.82) is 0 Å². The lowest BCUT2D eigenvalue weighted by Crippen LogP contribution is -1.77. The van der Waals surface area contributed by atoms with Crippen molar-refractivity contribution in [3.8, 4) is 11.3 Å². The number of aromatic nitrogens is 1. The highest BCUT2D eigenvalue weighted by Gasteiger charge is 2.05. The number of H-pyrrole nitrogens is 1. The molecule has 0 unspecified atom stereocenters. The van der Waals surface area contributed by atoms with Gasteiger partial charge in [-0.25, -0.2) is 0 Å². The van der Waals surface area contributed by atoms with E-state index in [9.17, 15) is 0 Å². The van der Waals surface area contributed by atoms with E-state index in [1.54, 1.807) is 0 Å². The molecule has 2 aromatic carbocycles. The van der Waals surface area contributed by atoms with Gasteiger partial charge in [0, 0.05) is 22.5 Å². The maximum Gasteiger partial charge on any atom is 0.0480 e. The fraction of sp³-hybridized carbons (Fsp3) is 0.0667. The summed E-state index contributed by atoms with van der Waals surface area (Å²) in [7, 11) is 0. The van der Waals surface area contributed by atoms with Crippen LogP contribution < -0.4 is 0 Å². The van der Waals surface area contributed by atoms with Gasteiger partial charge >= 0.3 is 0 Å². The number of hydrogen-bond donors (Lipinski definition) is 1. The summed E-state index contributed by atoms with van der Waals surface area (Å²) in [5, 5.41) is 1.21. The smallest absolute Gasteiger partial charge is 0.0480 e. The van der Waals surface area contributed by atoms with Gasteiger partial charge in [-0.05, 0) is 23.3 Å². The maximum absolute atomic E-state index is 5.95. The number of rotatable bonds is 2. The Morgan fingerprint density at radius 2 is 1.76 bits per heavy atom. The third kappa shape index (κ3) is 1.83. The van der Waals surface area contributed by atoms with Crippen LogP contribution in [0.4, 0.5) is 0 Å². The first-order valence-corrected chi connectivity index (χ1v) is 6.14. The van der Waals surface area contributed by atoms with Crippen LogP contribution in [0.25, 0.3) is 22.2 Å². The Labute approximate surface area is 105 Å². The van der Waals surface area contributed by atoms with Crippen molar-refractivity contribution in [1.82, 2.24) is 4.98 Å². The summed E-state index contributed by atoms with van der Waals surface area (Å²) in [6, 6.07) is 18.7. The van der Waals surface area contributed by atoms with Crippen molar-refractivity contribution in [3.63, 3.8) is 0 Å². The van der Waals surface area contributed by atoms with Gasteiger partial charge in [0.25, 0.3) is 0 Å². The molecule has 0 amide bonds. The Kier molecular flexibility index (Phi) is 2.62. The molecule has 0 aliphatic heterocycles. The molecule has 0 saturated heterocycles. The van der Waals surface area contributed by atoms with Crippen LogP contribution in [0.3, 0.4) is 0 Å². The highest BCUT2D eigenvalue weighted by atomic mass is 35.5. The summed E-state index contributed by atoms with van der Waals surface area (Å²) in [5.41, 5.74) is 4.65. The molecule has 0 spiro atoms. The normalized spacial score (nSPS) is 10.9. The van der Waals surface area contributed by atoms with E-state index in [4.69, 9.17) is 11.6 Å². The summed E-state index contributed by atoms with van der Waals surface area (Å²) in [5.74, 6) is 0.545. The number of nitrogens with one attached hydrogen (secondary N) is 1. The molecule has 1 heterocycles. The first kappa shape index (κ1) is 10.4. The molecule has 0 radical (unpaired) electrons. The molecule has 0 aliphatic rings. The van der Waals surface area contributed by atoms with Crippen molar-refractivity contribution >= 4 is 22.5 Å². The van der Waals surface area contributed by atoms with Gasteiger partial charge in [0.05, 0.1) is 0 Å². The lowest BCUT2D eigenvalue weighted by atomic mass is 10.1. The first-order chi connectivity index (χ1) is 8.38. The van der Waals surface area contributed by atoms with Crippen LogP contribution in [0.15, 0.2) is 54.6 Å². The summed E-state index contributed by atoms with van der Waals surface area (Å²) in [6.45, 7) is 0. The van der Waals surface area contributed by atoms with Crippen molar-refractivity contribution in [3.05, 3.63) is 60.2 Å². The molecule has 0 bridgehead atoms. The van der Waals surface area contributed by atoms with E-state index in [1.165, 1.54) is 16.5 Å². The molecule has 0 saturated carbocycles. The number of halogens is 1. The predicted molar refractivity (Wildman–Crippen MR) is 73.3 cm³/mol. The van der Waals surface area contributed by atoms with Crippen LogP contribution in [0.1, 0.15) is 5.56 Å². The van der Waals surface area contributed by atoms with E-state index in [0.717, 1.165) is 11.2 Å². The topological polar surface area (TPSA) is 15.8 Å². The zero-order chi connectivity index (χ0) is 11.7. The molecule has 17 heavy (non-hydrogen) atoms. The number of aromatic amines is 1. The third-order valence-electron chi connectivity index (χ3n) is 2.98. The Bertz CT molecular complexity index is 640. The van der Waals surface area contributed by atoms with Crippen molar-refractivity contribution in [2.45, 2.75) is 5.88 Å². The van der Waals surface area contributed by atoms with E-state index >= 15 is 0 Å². The first-order valence-electron chi connectivity index (χ1n) is 5.60. The molecule has 0 atom stereocenters. The highest BCUT2D eigenvalue weighted by molar-refractivity contribution is 6.18. The second kappa shape index (κ2) is 4.27. The van der Waals surface area contributed by atoms with Gasteiger partial charge in [0.2, 0.25) is 0 Å². The minimum Gasteiger partial charge on any atom is -0.355 e. The van der Waals surface area contributed by atoms with Gasteiger partial charge in [-0.2, -0.15) is 0 Å². The molecule has 1 nitrogen and oxygen atoms in total. The summed E-state index contributed by atoms with van der Waals surface area (Å²) in [4.78, 5) is 3.43.